The number of nitrogens with one attached hydrogen (secondary N) is 1. The van der Waals surface area contributed by atoms with Crippen LogP contribution in [0.5, 0.6) is 0 Å². The van der Waals surface area contributed by atoms with Crippen molar-refractivity contribution in [2.24, 2.45) is 0 Å². The molecule has 0 saturated heterocycles. The van der Waals surface area contributed by atoms with Crippen molar-refractivity contribution in [3.8, 4) is 6.07 Å². The van der Waals surface area contributed by atoms with Crippen LogP contribution < -0.4 is 5.32 Å². The summed E-state index contributed by atoms with van der Waals surface area (Å²) in [5.74, 6) is -0.999. The first-order valence-electron chi connectivity index (χ1n) is 5.72. The highest BCUT2D eigenvalue weighted by molar-refractivity contribution is 5.95. The standard InChI is InChI=1S/C15H12N2O2/c1-10-6-7-14(12(8-10)15(18)19)17-13-5-3-2-4-11(13)9-16/h2-8,17H,1H3,(H,18,19). The van der Waals surface area contributed by atoms with Crippen LogP contribution in [0.1, 0.15) is 21.5 Å². The summed E-state index contributed by atoms with van der Waals surface area (Å²) >= 11 is 0. The molecule has 2 rings (SSSR count). The van der Waals surface area contributed by atoms with E-state index in [-0.39, 0.29) is 5.56 Å². The van der Waals surface area contributed by atoms with Gasteiger partial charge in [0.25, 0.3) is 0 Å². The van der Waals surface area contributed by atoms with Gasteiger partial charge >= 0.3 is 5.97 Å². The molecular weight excluding hydrogens is 240 g/mol. The number of hydrogen-bond acceptors (Lipinski definition) is 3. The second-order valence-corrected chi connectivity index (χ2v) is 4.14. The molecule has 2 aromatic rings. The molecule has 4 heteroatoms. The minimum absolute atomic E-state index is 0.188. The van der Waals surface area contributed by atoms with E-state index in [0.717, 1.165) is 5.56 Å². The maximum atomic E-state index is 11.2. The van der Waals surface area contributed by atoms with Crippen LogP contribution in [0.15, 0.2) is 42.5 Å². The van der Waals surface area contributed by atoms with Gasteiger partial charge in [0.1, 0.15) is 6.07 Å². The summed E-state index contributed by atoms with van der Waals surface area (Å²) < 4.78 is 0. The topological polar surface area (TPSA) is 73.1 Å². The van der Waals surface area contributed by atoms with E-state index < -0.39 is 5.97 Å². The molecule has 4 nitrogen and oxygen atoms in total. The Morgan fingerprint density at radius 2 is 1.95 bits per heavy atom. The lowest BCUT2D eigenvalue weighted by atomic mass is 10.1. The number of anilines is 2. The Kier molecular flexibility index (Phi) is 3.48. The first-order valence-corrected chi connectivity index (χ1v) is 5.72. The van der Waals surface area contributed by atoms with Crippen molar-refractivity contribution in [1.82, 2.24) is 0 Å². The molecule has 0 aliphatic rings. The summed E-state index contributed by atoms with van der Waals surface area (Å²) in [4.78, 5) is 11.2. The second-order valence-electron chi connectivity index (χ2n) is 4.14. The predicted octanol–water partition coefficient (Wildman–Crippen LogP) is 3.31. The molecule has 2 aromatic carbocycles. The van der Waals surface area contributed by atoms with Crippen molar-refractivity contribution in [2.45, 2.75) is 6.92 Å². The SMILES string of the molecule is Cc1ccc(Nc2ccccc2C#N)c(C(=O)O)c1. The molecule has 0 fully saturated rings. The molecule has 0 saturated carbocycles. The number of nitrogens with zero attached hydrogens (tertiary/aromatic N) is 1. The minimum atomic E-state index is -0.999. The Bertz CT molecular complexity index is 672. The maximum Gasteiger partial charge on any atom is 0.337 e. The highest BCUT2D eigenvalue weighted by atomic mass is 16.4. The molecule has 0 aliphatic heterocycles. The number of carboxylic acid groups (broad SMARTS) is 1. The van der Waals surface area contributed by atoms with Crippen molar-refractivity contribution >= 4 is 17.3 Å². The molecule has 0 bridgehead atoms. The second kappa shape index (κ2) is 5.23. The van der Waals surface area contributed by atoms with Gasteiger partial charge in [-0.15, -0.1) is 0 Å². The van der Waals surface area contributed by atoms with Gasteiger partial charge in [0.15, 0.2) is 0 Å². The predicted molar refractivity (Wildman–Crippen MR) is 72.6 cm³/mol. The van der Waals surface area contributed by atoms with Crippen molar-refractivity contribution in [2.75, 3.05) is 5.32 Å². The van der Waals surface area contributed by atoms with Crippen molar-refractivity contribution in [1.29, 1.82) is 5.26 Å². The van der Waals surface area contributed by atoms with Crippen LogP contribution in [-0.4, -0.2) is 11.1 Å². The summed E-state index contributed by atoms with van der Waals surface area (Å²) in [6, 6.07) is 14.2. The third-order valence-electron chi connectivity index (χ3n) is 2.72. The summed E-state index contributed by atoms with van der Waals surface area (Å²) in [6.45, 7) is 1.83. The van der Waals surface area contributed by atoms with Crippen LogP contribution >= 0.6 is 0 Å². The normalized spacial score (nSPS) is 9.68. The van der Waals surface area contributed by atoms with Gasteiger partial charge < -0.3 is 10.4 Å². The third-order valence-corrected chi connectivity index (χ3v) is 2.72. The fourth-order valence-electron chi connectivity index (χ4n) is 1.78. The van der Waals surface area contributed by atoms with Gasteiger partial charge in [0, 0.05) is 0 Å². The Morgan fingerprint density at radius 3 is 2.63 bits per heavy atom. The van der Waals surface area contributed by atoms with E-state index in [2.05, 4.69) is 11.4 Å². The molecule has 0 aliphatic carbocycles. The zero-order chi connectivity index (χ0) is 13.8. The van der Waals surface area contributed by atoms with Gasteiger partial charge in [-0.2, -0.15) is 5.26 Å². The molecule has 0 heterocycles. The molecule has 0 aromatic heterocycles. The molecule has 0 radical (unpaired) electrons. The number of carbonyl (C=O) groups is 1. The zero-order valence-corrected chi connectivity index (χ0v) is 10.3. The Hall–Kier alpha value is -2.80. The smallest absolute Gasteiger partial charge is 0.337 e. The average Bonchev–Trinajstić information content (AvgIpc) is 2.41. The van der Waals surface area contributed by atoms with Gasteiger partial charge in [-0.1, -0.05) is 23.8 Å². The monoisotopic (exact) mass is 252 g/mol. The average molecular weight is 252 g/mol. The van der Waals surface area contributed by atoms with Gasteiger partial charge in [0.2, 0.25) is 0 Å². The molecule has 0 spiro atoms. The summed E-state index contributed by atoms with van der Waals surface area (Å²) in [7, 11) is 0. The van der Waals surface area contributed by atoms with E-state index in [1.165, 1.54) is 0 Å². The number of aryl methyl sites for hydroxylation is 1. The van der Waals surface area contributed by atoms with Crippen LogP contribution in [0.25, 0.3) is 0 Å². The van der Waals surface area contributed by atoms with E-state index in [9.17, 15) is 9.90 Å². The van der Waals surface area contributed by atoms with Crippen LogP contribution in [0.3, 0.4) is 0 Å². The number of rotatable bonds is 3. The lowest BCUT2D eigenvalue weighted by molar-refractivity contribution is 0.0698. The van der Waals surface area contributed by atoms with E-state index >= 15 is 0 Å². The first kappa shape index (κ1) is 12.7. The fraction of sp³-hybridized carbons (Fsp3) is 0.0667. The Labute approximate surface area is 110 Å². The number of para-hydroxylation sites is 1. The Balaban J connectivity index is 2.44. The van der Waals surface area contributed by atoms with Crippen LogP contribution in [0, 0.1) is 18.3 Å². The highest BCUT2D eigenvalue weighted by Crippen LogP contribution is 2.24. The number of aromatic carboxylic acids is 1. The minimum Gasteiger partial charge on any atom is -0.478 e. The quantitative estimate of drug-likeness (QED) is 0.878. The van der Waals surface area contributed by atoms with Crippen LogP contribution in [-0.2, 0) is 0 Å². The molecule has 19 heavy (non-hydrogen) atoms. The van der Waals surface area contributed by atoms with Crippen molar-refractivity contribution in [3.63, 3.8) is 0 Å². The van der Waals surface area contributed by atoms with E-state index in [0.29, 0.717) is 16.9 Å². The molecule has 0 unspecified atom stereocenters. The first-order chi connectivity index (χ1) is 9.11. The summed E-state index contributed by atoms with van der Waals surface area (Å²) in [5.41, 5.74) is 2.60. The Morgan fingerprint density at radius 1 is 1.21 bits per heavy atom. The molecule has 2 N–H and O–H groups in total. The summed E-state index contributed by atoms with van der Waals surface area (Å²) in [6.07, 6.45) is 0. The van der Waals surface area contributed by atoms with Crippen LogP contribution in [0.4, 0.5) is 11.4 Å². The lowest BCUT2D eigenvalue weighted by Crippen LogP contribution is -2.04. The van der Waals surface area contributed by atoms with Crippen molar-refractivity contribution in [3.05, 3.63) is 59.2 Å². The van der Waals surface area contributed by atoms with Gasteiger partial charge in [0.05, 0.1) is 22.5 Å². The van der Waals surface area contributed by atoms with E-state index in [4.69, 9.17) is 5.26 Å². The number of nitriles is 1. The van der Waals surface area contributed by atoms with Gasteiger partial charge in [-0.25, -0.2) is 4.79 Å². The molecule has 94 valence electrons. The lowest BCUT2D eigenvalue weighted by Gasteiger charge is -2.11. The van der Waals surface area contributed by atoms with E-state index in [1.807, 2.05) is 13.0 Å². The number of hydrogen-bond donors (Lipinski definition) is 2. The van der Waals surface area contributed by atoms with Crippen LogP contribution in [0.2, 0.25) is 0 Å². The largest absolute Gasteiger partial charge is 0.478 e. The van der Waals surface area contributed by atoms with E-state index in [1.54, 1.807) is 36.4 Å². The molecular formula is C15H12N2O2. The highest BCUT2D eigenvalue weighted by Gasteiger charge is 2.11. The fourth-order valence-corrected chi connectivity index (χ4v) is 1.78. The maximum absolute atomic E-state index is 11.2. The number of carboxylic acids is 1. The van der Waals surface area contributed by atoms with Gasteiger partial charge in [-0.3, -0.25) is 0 Å². The molecule has 0 atom stereocenters. The third kappa shape index (κ3) is 2.72. The molecule has 0 amide bonds. The van der Waals surface area contributed by atoms with Gasteiger partial charge in [-0.05, 0) is 31.2 Å². The number of benzene rings is 2. The van der Waals surface area contributed by atoms with Crippen molar-refractivity contribution < 1.29 is 9.90 Å². The summed E-state index contributed by atoms with van der Waals surface area (Å²) in [5, 5.41) is 21.2. The zero-order valence-electron chi connectivity index (χ0n) is 10.3.